The molecule has 1 aliphatic rings. The van der Waals surface area contributed by atoms with Crippen molar-refractivity contribution in [2.24, 2.45) is 0 Å². The molecule has 0 nitrogen and oxygen atoms in total. The molecule has 15 heavy (non-hydrogen) atoms. The van der Waals surface area contributed by atoms with Gasteiger partial charge in [-0.3, -0.25) is 0 Å². The Labute approximate surface area is 91.3 Å². The molecule has 0 aromatic heterocycles. The van der Waals surface area contributed by atoms with Crippen molar-refractivity contribution < 1.29 is 1.37 Å². The van der Waals surface area contributed by atoms with Crippen molar-refractivity contribution in [2.45, 2.75) is 0 Å². The van der Waals surface area contributed by atoms with Gasteiger partial charge in [0.05, 0.1) is 11.1 Å². The maximum absolute atomic E-state index is 8.17. The average Bonchev–Trinajstić information content (AvgIpc) is 2.36. The van der Waals surface area contributed by atoms with Gasteiger partial charge in [0.15, 0.2) is 5.57 Å². The Bertz CT molecular complexity index is 520. The van der Waals surface area contributed by atoms with Gasteiger partial charge in [0.2, 0.25) is 0 Å². The van der Waals surface area contributed by atoms with Crippen LogP contribution in [0.4, 0.5) is 0 Å². The van der Waals surface area contributed by atoms with E-state index in [1.165, 1.54) is 0 Å². The van der Waals surface area contributed by atoms with Crippen molar-refractivity contribution in [3.05, 3.63) is 83.8 Å². The molecule has 0 unspecified atom stereocenters. The van der Waals surface area contributed by atoms with Crippen LogP contribution < -0.4 is 0 Å². The third-order valence-corrected chi connectivity index (χ3v) is 2.70. The summed E-state index contributed by atoms with van der Waals surface area (Å²) in [6, 6.07) is 15.6. The molecule has 0 spiro atoms. The fourth-order valence-corrected chi connectivity index (χ4v) is 1.94. The summed E-state index contributed by atoms with van der Waals surface area (Å²) in [5, 5.41) is 0. The highest BCUT2D eigenvalue weighted by Crippen LogP contribution is 2.35. The summed E-state index contributed by atoms with van der Waals surface area (Å²) in [5.41, 5.74) is 4.53. The summed E-state index contributed by atoms with van der Waals surface area (Å²) in [6.07, 6.45) is 0.556. The molecule has 0 atom stereocenters. The number of fused-ring (bicyclic) bond motifs is 2. The van der Waals surface area contributed by atoms with Crippen molar-refractivity contribution in [3.63, 3.8) is 0 Å². The van der Waals surface area contributed by atoms with E-state index in [1.807, 2.05) is 48.5 Å². The summed E-state index contributed by atoms with van der Waals surface area (Å²) in [6.45, 7) is 6.14. The lowest BCUT2D eigenvalue weighted by atomic mass is 9.83. The molecule has 0 heterocycles. The van der Waals surface area contributed by atoms with Crippen LogP contribution in [0.5, 0.6) is 0 Å². The van der Waals surface area contributed by atoms with Crippen LogP contribution in [0.2, 0.25) is 0 Å². The maximum atomic E-state index is 8.17. The fourth-order valence-electron chi connectivity index (χ4n) is 1.94. The molecule has 0 radical (unpaired) electrons. The lowest BCUT2D eigenvalue weighted by Gasteiger charge is -2.16. The van der Waals surface area contributed by atoms with Crippen LogP contribution in [0.1, 0.15) is 23.6 Å². The smallest absolute Gasteiger partial charge is 0.0976 e. The highest BCUT2D eigenvalue weighted by Gasteiger charge is 2.23. The van der Waals surface area contributed by atoms with Crippen LogP contribution in [0.3, 0.4) is 0 Å². The molecule has 2 aromatic rings. The Kier molecular flexibility index (Phi) is 1.45. The molecule has 70 valence electrons. The molecule has 0 saturated heterocycles. The molecule has 0 aliphatic heterocycles. The molecule has 0 N–H and O–H groups in total. The van der Waals surface area contributed by atoms with Crippen LogP contribution in [0.15, 0.2) is 48.5 Å². The minimum Gasteiger partial charge on any atom is -0.0976 e. The van der Waals surface area contributed by atoms with Gasteiger partial charge in [-0.15, -0.1) is 0 Å². The topological polar surface area (TPSA) is 0 Å². The summed E-state index contributed by atoms with van der Waals surface area (Å²) in [7, 11) is 0. The fraction of sp³-hybridized carbons (Fsp3) is 0. The monoisotopic (exact) mass is 191 g/mol. The highest BCUT2D eigenvalue weighted by atomic mass is 14.2. The molecule has 3 rings (SSSR count). The normalized spacial score (nSPS) is 14.2. The Morgan fingerprint density at radius 2 is 1.33 bits per heavy atom. The van der Waals surface area contributed by atoms with E-state index in [-0.39, 0.29) is 0 Å². The predicted octanol–water partition coefficient (Wildman–Crippen LogP) is 3.47. The molecule has 1 aliphatic carbocycles. The molecular formula is C15H10. The number of hydrogen-bond acceptors (Lipinski definition) is 0. The minimum absolute atomic E-state index is 0.556. The van der Waals surface area contributed by atoms with E-state index in [0.29, 0.717) is 6.40 Å². The zero-order valence-corrected chi connectivity index (χ0v) is 8.20. The molecular weight excluding hydrogens is 180 g/mol. The average molecular weight is 191 g/mol. The summed E-state index contributed by atoms with van der Waals surface area (Å²) < 4.78 is 8.17. The van der Waals surface area contributed by atoms with Crippen molar-refractivity contribution in [2.75, 3.05) is 0 Å². The van der Waals surface area contributed by atoms with Crippen LogP contribution in [0.25, 0.3) is 5.57 Å². The van der Waals surface area contributed by atoms with E-state index < -0.39 is 0 Å². The van der Waals surface area contributed by atoms with Crippen molar-refractivity contribution >= 4 is 5.57 Å². The van der Waals surface area contributed by atoms with Crippen molar-refractivity contribution in [1.29, 1.82) is 0 Å². The Morgan fingerprint density at radius 3 is 1.87 bits per heavy atom. The van der Waals surface area contributed by atoms with Gasteiger partial charge in [0, 0.05) is 20.1 Å². The second-order valence-electron chi connectivity index (χ2n) is 3.63. The van der Waals surface area contributed by atoms with E-state index in [2.05, 4.69) is 0 Å². The largest absolute Gasteiger partial charge is 0.193 e. The third kappa shape index (κ3) is 1.16. The van der Waals surface area contributed by atoms with Gasteiger partial charge in [-0.25, -0.2) is 0 Å². The number of hydrogen-bond donors (Lipinski definition) is 0. The highest BCUT2D eigenvalue weighted by molar-refractivity contribution is 5.85. The first-order valence-corrected chi connectivity index (χ1v) is 4.94. The molecule has 0 fully saturated rings. The van der Waals surface area contributed by atoms with Crippen LogP contribution in [-0.2, 0) is 0 Å². The first-order valence-electron chi connectivity index (χ1n) is 5.44. The number of benzene rings is 2. The molecule has 0 saturated carbocycles. The van der Waals surface area contributed by atoms with Crippen LogP contribution >= 0.6 is 0 Å². The molecule has 0 amide bonds. The summed E-state index contributed by atoms with van der Waals surface area (Å²) >= 11 is 0. The van der Waals surface area contributed by atoms with E-state index in [4.69, 9.17) is 7.95 Å². The molecule has 2 aromatic carbocycles. The number of rotatable bonds is 0. The minimum atomic E-state index is 0.556. The quantitative estimate of drug-likeness (QED) is 0.559. The van der Waals surface area contributed by atoms with Crippen LogP contribution in [-0.4, -0.2) is 0 Å². The van der Waals surface area contributed by atoms with Gasteiger partial charge in [-0.05, 0) is 11.1 Å². The van der Waals surface area contributed by atoms with Gasteiger partial charge in [-0.1, -0.05) is 42.8 Å². The van der Waals surface area contributed by atoms with E-state index >= 15 is 0 Å². The van der Waals surface area contributed by atoms with Crippen LogP contribution in [0, 0.1) is 13.0 Å². The van der Waals surface area contributed by atoms with Gasteiger partial charge >= 0.3 is 0 Å². The van der Waals surface area contributed by atoms with E-state index in [9.17, 15) is 0 Å². The lowest BCUT2D eigenvalue weighted by molar-refractivity contribution is 1.33. The zero-order valence-electron chi connectivity index (χ0n) is 9.20. The van der Waals surface area contributed by atoms with Gasteiger partial charge < -0.3 is 0 Å². The third-order valence-electron chi connectivity index (χ3n) is 2.70. The summed E-state index contributed by atoms with van der Waals surface area (Å²) in [5.74, 6) is 0. The zero-order chi connectivity index (χ0) is 11.1. The first kappa shape index (κ1) is 7.28. The second kappa shape index (κ2) is 2.98. The van der Waals surface area contributed by atoms with Gasteiger partial charge in [-0.2, -0.15) is 0 Å². The predicted molar refractivity (Wildman–Crippen MR) is 62.2 cm³/mol. The van der Waals surface area contributed by atoms with E-state index in [1.54, 1.807) is 0 Å². The molecule has 0 heteroatoms. The lowest BCUT2D eigenvalue weighted by Crippen LogP contribution is -2.03. The van der Waals surface area contributed by atoms with E-state index in [0.717, 1.165) is 27.8 Å². The first-order chi connectivity index (χ1) is 7.79. The Hall–Kier alpha value is -2.04. The Morgan fingerprint density at radius 1 is 0.867 bits per heavy atom. The van der Waals surface area contributed by atoms with Gasteiger partial charge in [0.25, 0.3) is 0 Å². The standard InChI is InChI=1S/C15H10/c1-11-14-8-4-2-6-12(14)10-13-7-3-5-9-15(11)13/h1-10H/i10D. The van der Waals surface area contributed by atoms with Crippen molar-refractivity contribution in [3.8, 4) is 0 Å². The second-order valence-corrected chi connectivity index (χ2v) is 3.63. The molecule has 0 bridgehead atoms. The summed E-state index contributed by atoms with van der Waals surface area (Å²) in [4.78, 5) is 0. The maximum Gasteiger partial charge on any atom is 0.193 e. The van der Waals surface area contributed by atoms with Gasteiger partial charge in [0.1, 0.15) is 0 Å². The Balaban J connectivity index is 2.30. The van der Waals surface area contributed by atoms with Crippen molar-refractivity contribution in [1.82, 2.24) is 0 Å². The SMILES string of the molecule is [2H][C-]1c2ccccc2C(=[CH+])c2ccccc21.